The first-order valence-corrected chi connectivity index (χ1v) is 8.34. The van der Waals surface area contributed by atoms with Crippen LogP contribution in [0.2, 0.25) is 0 Å². The van der Waals surface area contributed by atoms with E-state index in [4.69, 9.17) is 9.47 Å². The standard InChI is InChI=1S/C18H27NO3/c1-4-17(20)16-8-5-6-9-18(16)21-11-7-10-19-12-14(2)22-15(3)13-19/h5-6,8-9,14-15H,4,7,10-13H2,1-3H3/p+1/t14-,15+. The molecule has 0 saturated carbocycles. The maximum atomic E-state index is 11.9. The van der Waals surface area contributed by atoms with Crippen LogP contribution in [0.1, 0.15) is 44.0 Å². The molecule has 1 fully saturated rings. The topological polar surface area (TPSA) is 40.0 Å². The van der Waals surface area contributed by atoms with Gasteiger partial charge in [-0.3, -0.25) is 4.79 Å². The van der Waals surface area contributed by atoms with Crippen LogP contribution in [0.3, 0.4) is 0 Å². The molecule has 22 heavy (non-hydrogen) atoms. The monoisotopic (exact) mass is 306 g/mol. The number of carbonyl (C=O) groups excluding carboxylic acids is 1. The summed E-state index contributed by atoms with van der Waals surface area (Å²) in [4.78, 5) is 13.5. The van der Waals surface area contributed by atoms with Crippen LogP contribution in [0.25, 0.3) is 0 Å². The van der Waals surface area contributed by atoms with Gasteiger partial charge in [0.05, 0.1) is 18.7 Å². The van der Waals surface area contributed by atoms with E-state index >= 15 is 0 Å². The fourth-order valence-corrected chi connectivity index (χ4v) is 3.11. The maximum Gasteiger partial charge on any atom is 0.166 e. The fourth-order valence-electron chi connectivity index (χ4n) is 3.11. The van der Waals surface area contributed by atoms with Crippen LogP contribution in [-0.4, -0.2) is 44.2 Å². The van der Waals surface area contributed by atoms with Crippen molar-refractivity contribution >= 4 is 5.78 Å². The number of morpholine rings is 1. The summed E-state index contributed by atoms with van der Waals surface area (Å²) in [6.07, 6.45) is 2.17. The van der Waals surface area contributed by atoms with Crippen molar-refractivity contribution in [1.82, 2.24) is 0 Å². The van der Waals surface area contributed by atoms with Crippen LogP contribution in [0.15, 0.2) is 24.3 Å². The van der Waals surface area contributed by atoms with Gasteiger partial charge in [0.1, 0.15) is 31.0 Å². The largest absolute Gasteiger partial charge is 0.493 e. The smallest absolute Gasteiger partial charge is 0.166 e. The number of carbonyl (C=O) groups is 1. The molecule has 1 saturated heterocycles. The Morgan fingerprint density at radius 1 is 1.27 bits per heavy atom. The molecule has 1 heterocycles. The van der Waals surface area contributed by atoms with Crippen molar-refractivity contribution in [3.05, 3.63) is 29.8 Å². The highest BCUT2D eigenvalue weighted by atomic mass is 16.5. The molecule has 1 unspecified atom stereocenters. The third kappa shape index (κ3) is 4.82. The second-order valence-electron chi connectivity index (χ2n) is 6.14. The van der Waals surface area contributed by atoms with Gasteiger partial charge in [-0.25, -0.2) is 0 Å². The van der Waals surface area contributed by atoms with Gasteiger partial charge in [0.15, 0.2) is 5.78 Å². The number of hydrogen-bond acceptors (Lipinski definition) is 3. The SMILES string of the molecule is CCC(=O)c1ccccc1OCCC[NH+]1C[C@@H](C)O[C@@H](C)C1. The molecule has 0 amide bonds. The number of benzene rings is 1. The Kier molecular flexibility index (Phi) is 6.40. The van der Waals surface area contributed by atoms with Crippen LogP contribution in [0.5, 0.6) is 5.75 Å². The number of Topliss-reactive ketones (excluding diaryl/α,β-unsaturated/α-hetero) is 1. The van der Waals surface area contributed by atoms with Crippen LogP contribution in [0, 0.1) is 0 Å². The summed E-state index contributed by atoms with van der Waals surface area (Å²) in [5.74, 6) is 0.852. The molecule has 1 N–H and O–H groups in total. The van der Waals surface area contributed by atoms with E-state index in [9.17, 15) is 4.79 Å². The first-order chi connectivity index (χ1) is 10.6. The minimum absolute atomic E-state index is 0.136. The van der Waals surface area contributed by atoms with Crippen molar-refractivity contribution in [3.63, 3.8) is 0 Å². The number of ketones is 1. The molecule has 1 aromatic rings. The molecular weight excluding hydrogens is 278 g/mol. The maximum absolute atomic E-state index is 11.9. The Bertz CT molecular complexity index is 479. The Balaban J connectivity index is 1.78. The summed E-state index contributed by atoms with van der Waals surface area (Å²) in [5, 5.41) is 0. The molecule has 4 nitrogen and oxygen atoms in total. The van der Waals surface area contributed by atoms with Crippen molar-refractivity contribution in [1.29, 1.82) is 0 Å². The molecular formula is C18H28NO3+. The van der Waals surface area contributed by atoms with E-state index < -0.39 is 0 Å². The number of ether oxygens (including phenoxy) is 2. The summed E-state index contributed by atoms with van der Waals surface area (Å²) < 4.78 is 11.6. The van der Waals surface area contributed by atoms with E-state index in [2.05, 4.69) is 13.8 Å². The molecule has 0 radical (unpaired) electrons. The summed E-state index contributed by atoms with van der Waals surface area (Å²) in [6, 6.07) is 7.53. The lowest BCUT2D eigenvalue weighted by Gasteiger charge is -2.32. The fraction of sp³-hybridized carbons (Fsp3) is 0.611. The highest BCUT2D eigenvalue weighted by Gasteiger charge is 2.24. The van der Waals surface area contributed by atoms with Gasteiger partial charge in [0.25, 0.3) is 0 Å². The third-order valence-corrected chi connectivity index (χ3v) is 4.06. The zero-order chi connectivity index (χ0) is 15.9. The number of para-hydroxylation sites is 1. The van der Waals surface area contributed by atoms with Gasteiger partial charge in [-0.1, -0.05) is 19.1 Å². The van der Waals surface area contributed by atoms with E-state index in [1.54, 1.807) is 4.90 Å². The van der Waals surface area contributed by atoms with Crippen LogP contribution < -0.4 is 9.64 Å². The van der Waals surface area contributed by atoms with Crippen LogP contribution in [0.4, 0.5) is 0 Å². The third-order valence-electron chi connectivity index (χ3n) is 4.06. The zero-order valence-electron chi connectivity index (χ0n) is 13.9. The molecule has 122 valence electrons. The molecule has 2 rings (SSSR count). The van der Waals surface area contributed by atoms with Gasteiger partial charge in [0.2, 0.25) is 0 Å². The first kappa shape index (κ1) is 17.0. The average molecular weight is 306 g/mol. The number of rotatable bonds is 7. The highest BCUT2D eigenvalue weighted by molar-refractivity contribution is 5.98. The Hall–Kier alpha value is -1.39. The summed E-state index contributed by atoms with van der Waals surface area (Å²) >= 11 is 0. The first-order valence-electron chi connectivity index (χ1n) is 8.34. The van der Waals surface area contributed by atoms with Gasteiger partial charge in [-0.2, -0.15) is 0 Å². The second-order valence-corrected chi connectivity index (χ2v) is 6.14. The van der Waals surface area contributed by atoms with Crippen LogP contribution in [-0.2, 0) is 4.74 Å². The van der Waals surface area contributed by atoms with E-state index in [1.165, 1.54) is 0 Å². The van der Waals surface area contributed by atoms with Crippen molar-refractivity contribution in [2.45, 2.75) is 45.8 Å². The molecule has 0 spiro atoms. The Morgan fingerprint density at radius 3 is 2.64 bits per heavy atom. The van der Waals surface area contributed by atoms with E-state index in [0.717, 1.165) is 26.1 Å². The number of nitrogens with one attached hydrogen (secondary N) is 1. The molecule has 0 aromatic heterocycles. The average Bonchev–Trinajstić information content (AvgIpc) is 2.50. The van der Waals surface area contributed by atoms with Gasteiger partial charge in [0, 0.05) is 12.8 Å². The quantitative estimate of drug-likeness (QED) is 0.616. The molecule has 4 heteroatoms. The molecule has 1 aliphatic rings. The van der Waals surface area contributed by atoms with Crippen molar-refractivity contribution in [2.24, 2.45) is 0 Å². The van der Waals surface area contributed by atoms with E-state index in [-0.39, 0.29) is 5.78 Å². The summed E-state index contributed by atoms with van der Waals surface area (Å²) in [5.41, 5.74) is 0.700. The molecule has 1 aromatic carbocycles. The number of quaternary nitrogens is 1. The molecule has 1 aliphatic heterocycles. The summed E-state index contributed by atoms with van der Waals surface area (Å²) in [6.45, 7) is 10.0. The molecule has 0 aliphatic carbocycles. The predicted octanol–water partition coefficient (Wildman–Crippen LogP) is 1.74. The van der Waals surface area contributed by atoms with Crippen LogP contribution >= 0.6 is 0 Å². The Labute approximate surface area is 133 Å². The molecule has 3 atom stereocenters. The highest BCUT2D eigenvalue weighted by Crippen LogP contribution is 2.19. The lowest BCUT2D eigenvalue weighted by Crippen LogP contribution is -3.15. The lowest BCUT2D eigenvalue weighted by atomic mass is 10.1. The lowest BCUT2D eigenvalue weighted by molar-refractivity contribution is -0.915. The minimum Gasteiger partial charge on any atom is -0.493 e. The second kappa shape index (κ2) is 8.30. The summed E-state index contributed by atoms with van der Waals surface area (Å²) in [7, 11) is 0. The van der Waals surface area contributed by atoms with Gasteiger partial charge in [-0.05, 0) is 26.0 Å². The van der Waals surface area contributed by atoms with Gasteiger partial charge >= 0.3 is 0 Å². The van der Waals surface area contributed by atoms with Gasteiger partial charge in [-0.15, -0.1) is 0 Å². The van der Waals surface area contributed by atoms with Gasteiger partial charge < -0.3 is 14.4 Å². The van der Waals surface area contributed by atoms with E-state index in [1.807, 2.05) is 31.2 Å². The van der Waals surface area contributed by atoms with Crippen molar-refractivity contribution in [3.8, 4) is 5.75 Å². The minimum atomic E-state index is 0.136. The Morgan fingerprint density at radius 2 is 1.95 bits per heavy atom. The van der Waals surface area contributed by atoms with E-state index in [0.29, 0.717) is 36.5 Å². The molecule has 0 bridgehead atoms. The normalized spacial score (nSPS) is 25.0. The predicted molar refractivity (Wildman–Crippen MR) is 86.7 cm³/mol. The zero-order valence-corrected chi connectivity index (χ0v) is 13.9. The number of hydrogen-bond donors (Lipinski definition) is 1. The van der Waals surface area contributed by atoms with Crippen molar-refractivity contribution < 1.29 is 19.2 Å². The van der Waals surface area contributed by atoms with Crippen molar-refractivity contribution in [2.75, 3.05) is 26.2 Å².